The Morgan fingerprint density at radius 1 is 0.658 bits per heavy atom. The average molecular weight is 539 g/mol. The second-order valence-corrected chi connectivity index (χ2v) is 13.7. The molecule has 0 aromatic heterocycles. The second kappa shape index (κ2) is 22.7. The molecule has 0 bridgehead atoms. The van der Waals surface area contributed by atoms with Crippen molar-refractivity contribution in [1.29, 1.82) is 0 Å². The van der Waals surface area contributed by atoms with Crippen LogP contribution in [-0.2, 0) is 14.3 Å². The lowest BCUT2D eigenvalue weighted by atomic mass is 9.89. The number of hydrogen-bond acceptors (Lipinski definition) is 4. The lowest BCUT2D eigenvalue weighted by molar-refractivity contribution is -0.173. The van der Waals surface area contributed by atoms with Crippen molar-refractivity contribution in [3.05, 3.63) is 12.3 Å². The normalized spacial score (nSPS) is 12.6. The first-order chi connectivity index (χ1) is 17.9. The summed E-state index contributed by atoms with van der Waals surface area (Å²) in [5.41, 5.74) is 0.910. The molecule has 0 aliphatic carbocycles. The van der Waals surface area contributed by atoms with Gasteiger partial charge in [-0.2, -0.15) is 0 Å². The zero-order chi connectivity index (χ0) is 28.7. The smallest absolute Gasteiger partial charge is 0.277 e. The molecule has 0 aliphatic rings. The maximum Gasteiger partial charge on any atom is 0.277 e. The highest BCUT2D eigenvalue weighted by molar-refractivity contribution is 5.79. The van der Waals surface area contributed by atoms with E-state index in [1.54, 1.807) is 0 Å². The molecular formula is C33H66N2O3. The number of unbranched alkanes of at least 4 members (excludes halogenated alkanes) is 12. The monoisotopic (exact) mass is 539 g/mol. The largest absolute Gasteiger partial charge is 0.384 e. The number of ether oxygens (including phenoxy) is 2. The van der Waals surface area contributed by atoms with Crippen LogP contribution in [0.5, 0.6) is 0 Å². The third-order valence-corrected chi connectivity index (χ3v) is 6.69. The number of carbonyl (C=O) groups excluding carboxylic acids is 1. The zero-order valence-corrected chi connectivity index (χ0v) is 26.8. The summed E-state index contributed by atoms with van der Waals surface area (Å²) in [5, 5.41) is 2.92. The summed E-state index contributed by atoms with van der Waals surface area (Å²) >= 11 is 0. The van der Waals surface area contributed by atoms with Crippen LogP contribution in [-0.4, -0.2) is 51.0 Å². The van der Waals surface area contributed by atoms with E-state index in [0.29, 0.717) is 30.6 Å². The van der Waals surface area contributed by atoms with Gasteiger partial charge in [0, 0.05) is 20.6 Å². The highest BCUT2D eigenvalue weighted by atomic mass is 16.7. The molecule has 0 saturated heterocycles. The van der Waals surface area contributed by atoms with Gasteiger partial charge in [-0.1, -0.05) is 119 Å². The van der Waals surface area contributed by atoms with Crippen LogP contribution in [0, 0.1) is 10.8 Å². The van der Waals surface area contributed by atoms with Crippen molar-refractivity contribution in [2.24, 2.45) is 10.8 Å². The lowest BCUT2D eigenvalue weighted by Crippen LogP contribution is -2.39. The Labute approximate surface area is 237 Å². The molecule has 0 saturated carbocycles. The zero-order valence-electron chi connectivity index (χ0n) is 26.8. The predicted molar refractivity (Wildman–Crippen MR) is 164 cm³/mol. The van der Waals surface area contributed by atoms with E-state index in [1.165, 1.54) is 77.0 Å². The lowest BCUT2D eigenvalue weighted by Gasteiger charge is -2.18. The van der Waals surface area contributed by atoms with Crippen LogP contribution in [0.3, 0.4) is 0 Å². The Hall–Kier alpha value is -1.07. The molecular weight excluding hydrogens is 472 g/mol. The Kier molecular flexibility index (Phi) is 22.1. The molecule has 226 valence electrons. The number of nitrogens with zero attached hydrogens (tertiary/aromatic N) is 1. The summed E-state index contributed by atoms with van der Waals surface area (Å²) in [6.45, 7) is 15.6. The summed E-state index contributed by atoms with van der Waals surface area (Å²) in [6, 6.07) is 0. The third-order valence-electron chi connectivity index (χ3n) is 6.69. The molecule has 0 aromatic carbocycles. The minimum Gasteiger partial charge on any atom is -0.384 e. The van der Waals surface area contributed by atoms with Gasteiger partial charge in [-0.3, -0.25) is 4.79 Å². The van der Waals surface area contributed by atoms with E-state index in [1.807, 2.05) is 31.3 Å². The highest BCUT2D eigenvalue weighted by Crippen LogP contribution is 2.23. The molecule has 0 spiro atoms. The Bertz CT molecular complexity index is 542. The van der Waals surface area contributed by atoms with E-state index in [2.05, 4.69) is 46.9 Å². The van der Waals surface area contributed by atoms with Crippen LogP contribution in [0.25, 0.3) is 0 Å². The van der Waals surface area contributed by atoms with Crippen molar-refractivity contribution in [2.45, 2.75) is 151 Å². The first kappa shape index (κ1) is 36.9. The molecule has 0 aliphatic heterocycles. The van der Waals surface area contributed by atoms with E-state index in [4.69, 9.17) is 9.47 Å². The Morgan fingerprint density at radius 3 is 1.39 bits per heavy atom. The van der Waals surface area contributed by atoms with Gasteiger partial charge in [-0.25, -0.2) is 0 Å². The molecule has 1 N–H and O–H groups in total. The average Bonchev–Trinajstić information content (AvgIpc) is 2.81. The van der Waals surface area contributed by atoms with Crippen molar-refractivity contribution in [3.63, 3.8) is 0 Å². The maximum atomic E-state index is 12.7. The van der Waals surface area contributed by atoms with E-state index < -0.39 is 6.29 Å². The third kappa shape index (κ3) is 28.0. The topological polar surface area (TPSA) is 50.8 Å². The van der Waals surface area contributed by atoms with Gasteiger partial charge in [-0.15, -0.1) is 0 Å². The molecule has 0 heterocycles. The minimum atomic E-state index is -0.808. The van der Waals surface area contributed by atoms with Crippen molar-refractivity contribution in [3.8, 4) is 0 Å². The molecule has 0 rings (SSSR count). The number of rotatable bonds is 24. The van der Waals surface area contributed by atoms with Crippen molar-refractivity contribution in [2.75, 3.05) is 33.9 Å². The summed E-state index contributed by atoms with van der Waals surface area (Å²) in [5.74, 6) is -0.175. The van der Waals surface area contributed by atoms with E-state index in [0.717, 1.165) is 25.7 Å². The van der Waals surface area contributed by atoms with Gasteiger partial charge in [0.1, 0.15) is 0 Å². The number of hydrogen-bond donors (Lipinski definition) is 1. The number of nitrogens with one attached hydrogen (secondary N) is 1. The SMILES string of the molecule is CN(C)C=CCNC(=O)C(OCCCCCCCCCC(C)(C)C)OCCCCCCCCCC(C)(C)C. The molecule has 0 unspecified atom stereocenters. The minimum absolute atomic E-state index is 0.175. The van der Waals surface area contributed by atoms with Crippen LogP contribution in [0.15, 0.2) is 12.3 Å². The van der Waals surface area contributed by atoms with E-state index in [-0.39, 0.29) is 5.91 Å². The Morgan fingerprint density at radius 2 is 1.03 bits per heavy atom. The van der Waals surface area contributed by atoms with E-state index >= 15 is 0 Å². The number of carbonyl (C=O) groups is 1. The molecule has 0 aromatic rings. The van der Waals surface area contributed by atoms with Crippen LogP contribution < -0.4 is 5.32 Å². The van der Waals surface area contributed by atoms with Crippen molar-refractivity contribution < 1.29 is 14.3 Å². The summed E-state index contributed by atoms with van der Waals surface area (Å²) in [4.78, 5) is 14.6. The predicted octanol–water partition coefficient (Wildman–Crippen LogP) is 8.87. The quantitative estimate of drug-likeness (QED) is 0.0984. The fraction of sp³-hybridized carbons (Fsp3) is 0.909. The standard InChI is InChI=1S/C33H66N2O3/c1-32(2,3)24-19-15-11-9-13-17-21-28-37-31(30(36)34-26-23-27-35(7)8)38-29-22-18-14-10-12-16-20-25-33(4,5)6/h23,27,31H,9-22,24-26,28-29H2,1-8H3,(H,34,36). The molecule has 0 fully saturated rings. The molecule has 5 nitrogen and oxygen atoms in total. The van der Waals surface area contributed by atoms with Gasteiger partial charge in [0.15, 0.2) is 0 Å². The first-order valence-corrected chi connectivity index (χ1v) is 15.7. The summed E-state index contributed by atoms with van der Waals surface area (Å²) in [6.07, 6.45) is 23.0. The highest BCUT2D eigenvalue weighted by Gasteiger charge is 2.19. The molecule has 0 radical (unpaired) electrons. The van der Waals surface area contributed by atoms with Crippen LogP contribution in [0.2, 0.25) is 0 Å². The molecule has 5 heteroatoms. The van der Waals surface area contributed by atoms with Crippen LogP contribution in [0.4, 0.5) is 0 Å². The van der Waals surface area contributed by atoms with Gasteiger partial charge >= 0.3 is 0 Å². The van der Waals surface area contributed by atoms with Gasteiger partial charge in [0.05, 0.1) is 13.2 Å². The second-order valence-electron chi connectivity index (χ2n) is 13.7. The van der Waals surface area contributed by atoms with Crippen molar-refractivity contribution >= 4 is 5.91 Å². The maximum absolute atomic E-state index is 12.7. The van der Waals surface area contributed by atoms with Crippen LogP contribution in [0.1, 0.15) is 144 Å². The fourth-order valence-corrected chi connectivity index (χ4v) is 4.37. The molecule has 0 atom stereocenters. The number of amides is 1. The summed E-state index contributed by atoms with van der Waals surface area (Å²) < 4.78 is 11.8. The van der Waals surface area contributed by atoms with Gasteiger partial charge < -0.3 is 19.7 Å². The fourth-order valence-electron chi connectivity index (χ4n) is 4.37. The van der Waals surface area contributed by atoms with Crippen LogP contribution >= 0.6 is 0 Å². The molecule has 1 amide bonds. The van der Waals surface area contributed by atoms with E-state index in [9.17, 15) is 4.79 Å². The Balaban J connectivity index is 4.10. The van der Waals surface area contributed by atoms with Gasteiger partial charge in [0.25, 0.3) is 5.91 Å². The van der Waals surface area contributed by atoms with Crippen molar-refractivity contribution in [1.82, 2.24) is 10.2 Å². The van der Waals surface area contributed by atoms with Gasteiger partial charge in [0.2, 0.25) is 6.29 Å². The summed E-state index contributed by atoms with van der Waals surface area (Å²) in [7, 11) is 3.93. The first-order valence-electron chi connectivity index (χ1n) is 15.7. The molecule has 38 heavy (non-hydrogen) atoms. The van der Waals surface area contributed by atoms with Gasteiger partial charge in [-0.05, 0) is 48.8 Å².